The molecule has 1 atom stereocenters. The van der Waals surface area contributed by atoms with Crippen LogP contribution >= 0.6 is 23.1 Å². The first kappa shape index (κ1) is 13.1. The van der Waals surface area contributed by atoms with E-state index < -0.39 is 12.2 Å². The summed E-state index contributed by atoms with van der Waals surface area (Å²) in [5.41, 5.74) is 0.947. The second kappa shape index (κ2) is 6.03. The molecule has 0 spiro atoms. The first-order chi connectivity index (χ1) is 8.65. The predicted molar refractivity (Wildman–Crippen MR) is 72.4 cm³/mol. The molecule has 7 heteroatoms. The summed E-state index contributed by atoms with van der Waals surface area (Å²) >= 11 is 3.00. The van der Waals surface area contributed by atoms with E-state index in [-0.39, 0.29) is 6.54 Å². The lowest BCUT2D eigenvalue weighted by molar-refractivity contribution is 0.170. The number of benzene rings is 1. The molecular weight excluding hydrogens is 272 g/mol. The smallest absolute Gasteiger partial charge is 0.404 e. The molecule has 1 aromatic carbocycles. The lowest BCUT2D eigenvalue weighted by atomic mass is 10.3. The Bertz CT molecular complexity index is 511. The van der Waals surface area contributed by atoms with E-state index in [1.54, 1.807) is 11.3 Å². The normalized spacial score (nSPS) is 12.5. The molecule has 0 aliphatic heterocycles. The lowest BCUT2D eigenvalue weighted by Gasteiger charge is -2.08. The van der Waals surface area contributed by atoms with Crippen LogP contribution in [0.15, 0.2) is 28.6 Å². The van der Waals surface area contributed by atoms with Gasteiger partial charge in [-0.1, -0.05) is 23.9 Å². The second-order valence-corrected chi connectivity index (χ2v) is 5.90. The SMILES string of the molecule is O=C(O)NC[C@@H](O)CSc1nc2ccccc2s1. The van der Waals surface area contributed by atoms with Crippen LogP contribution in [0.2, 0.25) is 0 Å². The summed E-state index contributed by atoms with van der Waals surface area (Å²) < 4.78 is 1.99. The molecule has 1 amide bonds. The van der Waals surface area contributed by atoms with Crippen molar-refractivity contribution in [2.75, 3.05) is 12.3 Å². The van der Waals surface area contributed by atoms with Gasteiger partial charge in [0.2, 0.25) is 0 Å². The molecule has 5 nitrogen and oxygen atoms in total. The third-order valence-corrected chi connectivity index (χ3v) is 4.49. The molecule has 0 fully saturated rings. The highest BCUT2D eigenvalue weighted by atomic mass is 32.2. The number of amides is 1. The minimum atomic E-state index is -1.13. The van der Waals surface area contributed by atoms with Gasteiger partial charge in [-0.15, -0.1) is 11.3 Å². The molecule has 1 heterocycles. The zero-order chi connectivity index (χ0) is 13.0. The molecule has 96 valence electrons. The van der Waals surface area contributed by atoms with E-state index in [0.29, 0.717) is 5.75 Å². The molecule has 0 saturated heterocycles. The van der Waals surface area contributed by atoms with Crippen LogP contribution in [-0.2, 0) is 0 Å². The number of hydrogen-bond acceptors (Lipinski definition) is 5. The monoisotopic (exact) mass is 284 g/mol. The van der Waals surface area contributed by atoms with E-state index in [2.05, 4.69) is 10.3 Å². The Morgan fingerprint density at radius 1 is 1.50 bits per heavy atom. The number of aliphatic hydroxyl groups excluding tert-OH is 1. The van der Waals surface area contributed by atoms with Crippen molar-refractivity contribution < 1.29 is 15.0 Å². The average Bonchev–Trinajstić information content (AvgIpc) is 2.76. The largest absolute Gasteiger partial charge is 0.465 e. The van der Waals surface area contributed by atoms with Gasteiger partial charge in [0.05, 0.1) is 16.3 Å². The zero-order valence-electron chi connectivity index (χ0n) is 9.37. The molecule has 0 aliphatic carbocycles. The third kappa shape index (κ3) is 3.59. The van der Waals surface area contributed by atoms with Crippen molar-refractivity contribution in [3.05, 3.63) is 24.3 Å². The quantitative estimate of drug-likeness (QED) is 0.732. The molecular formula is C11H12N2O3S2. The number of carboxylic acid groups (broad SMARTS) is 1. The van der Waals surface area contributed by atoms with E-state index >= 15 is 0 Å². The van der Waals surface area contributed by atoms with Crippen molar-refractivity contribution in [2.24, 2.45) is 0 Å². The minimum absolute atomic E-state index is 0.0349. The van der Waals surface area contributed by atoms with Gasteiger partial charge in [0, 0.05) is 12.3 Å². The fourth-order valence-electron chi connectivity index (χ4n) is 1.34. The number of aromatic nitrogens is 1. The Balaban J connectivity index is 1.87. The van der Waals surface area contributed by atoms with Gasteiger partial charge < -0.3 is 15.5 Å². The third-order valence-electron chi connectivity index (χ3n) is 2.16. The summed E-state index contributed by atoms with van der Waals surface area (Å²) in [6, 6.07) is 7.83. The van der Waals surface area contributed by atoms with Crippen molar-refractivity contribution in [1.82, 2.24) is 10.3 Å². The van der Waals surface area contributed by atoms with Gasteiger partial charge >= 0.3 is 6.09 Å². The molecule has 1 aromatic heterocycles. The summed E-state index contributed by atoms with van der Waals surface area (Å²) in [6.45, 7) is 0.0349. The first-order valence-corrected chi connectivity index (χ1v) is 7.08. The number of carbonyl (C=O) groups is 1. The summed E-state index contributed by atoms with van der Waals surface area (Å²) in [6.07, 6.45) is -1.84. The molecule has 2 aromatic rings. The topological polar surface area (TPSA) is 82.5 Å². The molecule has 0 bridgehead atoms. The van der Waals surface area contributed by atoms with E-state index in [4.69, 9.17) is 5.11 Å². The van der Waals surface area contributed by atoms with Crippen molar-refractivity contribution >= 4 is 39.4 Å². The Morgan fingerprint density at radius 2 is 2.28 bits per heavy atom. The van der Waals surface area contributed by atoms with Crippen LogP contribution in [0.25, 0.3) is 10.2 Å². The Morgan fingerprint density at radius 3 is 3.00 bits per heavy atom. The summed E-state index contributed by atoms with van der Waals surface area (Å²) in [4.78, 5) is 14.7. The fourth-order valence-corrected chi connectivity index (χ4v) is 3.37. The second-order valence-electron chi connectivity index (χ2n) is 3.60. The van der Waals surface area contributed by atoms with Crippen LogP contribution in [-0.4, -0.2) is 39.7 Å². The maximum Gasteiger partial charge on any atom is 0.404 e. The van der Waals surface area contributed by atoms with E-state index in [0.717, 1.165) is 14.6 Å². The Kier molecular flexibility index (Phi) is 4.40. The van der Waals surface area contributed by atoms with Crippen LogP contribution in [0.4, 0.5) is 4.79 Å². The van der Waals surface area contributed by atoms with Crippen LogP contribution in [0.1, 0.15) is 0 Å². The molecule has 18 heavy (non-hydrogen) atoms. The van der Waals surface area contributed by atoms with Crippen molar-refractivity contribution in [3.63, 3.8) is 0 Å². The van der Waals surface area contributed by atoms with Gasteiger partial charge in [-0.3, -0.25) is 0 Å². The highest BCUT2D eigenvalue weighted by Crippen LogP contribution is 2.29. The number of rotatable bonds is 5. The van der Waals surface area contributed by atoms with Gasteiger partial charge in [0.15, 0.2) is 4.34 Å². The summed E-state index contributed by atoms with van der Waals surface area (Å²) in [5, 5.41) is 20.1. The first-order valence-electron chi connectivity index (χ1n) is 5.28. The number of fused-ring (bicyclic) bond motifs is 1. The number of thioether (sulfide) groups is 1. The number of aliphatic hydroxyl groups is 1. The highest BCUT2D eigenvalue weighted by Gasteiger charge is 2.09. The summed E-state index contributed by atoms with van der Waals surface area (Å²) in [7, 11) is 0. The maximum atomic E-state index is 10.3. The average molecular weight is 284 g/mol. The van der Waals surface area contributed by atoms with Gasteiger partial charge in [0.1, 0.15) is 0 Å². The van der Waals surface area contributed by atoms with Crippen LogP contribution in [0, 0.1) is 0 Å². The highest BCUT2D eigenvalue weighted by molar-refractivity contribution is 8.01. The lowest BCUT2D eigenvalue weighted by Crippen LogP contribution is -2.32. The Labute approximate surface area is 112 Å². The molecule has 0 unspecified atom stereocenters. The molecule has 0 radical (unpaired) electrons. The van der Waals surface area contributed by atoms with Crippen LogP contribution in [0.5, 0.6) is 0 Å². The van der Waals surface area contributed by atoms with E-state index in [1.165, 1.54) is 11.8 Å². The van der Waals surface area contributed by atoms with Crippen molar-refractivity contribution in [1.29, 1.82) is 0 Å². The molecule has 0 saturated carbocycles. The zero-order valence-corrected chi connectivity index (χ0v) is 11.0. The molecule has 3 N–H and O–H groups in total. The van der Waals surface area contributed by atoms with Crippen LogP contribution < -0.4 is 5.32 Å². The minimum Gasteiger partial charge on any atom is -0.465 e. The number of hydrogen-bond donors (Lipinski definition) is 3. The van der Waals surface area contributed by atoms with Gasteiger partial charge in [-0.05, 0) is 12.1 Å². The number of nitrogens with one attached hydrogen (secondary N) is 1. The van der Waals surface area contributed by atoms with Gasteiger partial charge in [-0.25, -0.2) is 9.78 Å². The Hall–Kier alpha value is -1.31. The molecule has 0 aliphatic rings. The standard InChI is InChI=1S/C11H12N2O3S2/c14-7(5-12-10(15)16)6-17-11-13-8-3-1-2-4-9(8)18-11/h1-4,7,12,14H,5-6H2,(H,15,16)/t7-/m1/s1. The summed E-state index contributed by atoms with van der Waals surface area (Å²) in [5.74, 6) is 0.417. The fraction of sp³-hybridized carbons (Fsp3) is 0.273. The predicted octanol–water partition coefficient (Wildman–Crippen LogP) is 2.02. The number of para-hydroxylation sites is 1. The van der Waals surface area contributed by atoms with Crippen LogP contribution in [0.3, 0.4) is 0 Å². The van der Waals surface area contributed by atoms with E-state index in [1.807, 2.05) is 24.3 Å². The maximum absolute atomic E-state index is 10.3. The number of thiazole rings is 1. The van der Waals surface area contributed by atoms with Crippen molar-refractivity contribution in [2.45, 2.75) is 10.4 Å². The van der Waals surface area contributed by atoms with Gasteiger partial charge in [0.25, 0.3) is 0 Å². The molecule has 2 rings (SSSR count). The van der Waals surface area contributed by atoms with E-state index in [9.17, 15) is 9.90 Å². The van der Waals surface area contributed by atoms with Crippen molar-refractivity contribution in [3.8, 4) is 0 Å². The number of nitrogens with zero attached hydrogens (tertiary/aromatic N) is 1. The van der Waals surface area contributed by atoms with Gasteiger partial charge in [-0.2, -0.15) is 0 Å².